The molecule has 0 aliphatic heterocycles. The van der Waals surface area contributed by atoms with Gasteiger partial charge in [0.2, 0.25) is 0 Å². The van der Waals surface area contributed by atoms with Crippen molar-refractivity contribution in [1.29, 1.82) is 0 Å². The van der Waals surface area contributed by atoms with Crippen molar-refractivity contribution < 1.29 is 0 Å². The molecule has 0 bridgehead atoms. The molecule has 0 N–H and O–H groups in total. The molecule has 4 rings (SSSR count). The zero-order valence-electron chi connectivity index (χ0n) is 15.9. The van der Waals surface area contributed by atoms with Crippen LogP contribution in [0.15, 0.2) is 121 Å². The molecule has 0 atom stereocenters. The summed E-state index contributed by atoms with van der Waals surface area (Å²) in [5.41, 5.74) is 0. The average molecular weight is 443 g/mol. The van der Waals surface area contributed by atoms with E-state index in [1.807, 2.05) is 0 Å². The minimum absolute atomic E-state index is 0.322. The molecule has 0 nitrogen and oxygen atoms in total. The van der Waals surface area contributed by atoms with Crippen LogP contribution in [0.5, 0.6) is 0 Å². The van der Waals surface area contributed by atoms with E-state index in [1.165, 1.54) is 22.0 Å². The Bertz CT molecular complexity index is 794. The SMILES string of the molecule is c1ccc(P(CC[AsH](c2ccccc2)c2ccccc2)c2ccccc2)cc1. The second-order valence-electron chi connectivity index (χ2n) is 6.78. The van der Waals surface area contributed by atoms with Crippen molar-refractivity contribution in [3.63, 3.8) is 0 Å². The van der Waals surface area contributed by atoms with Gasteiger partial charge in [-0.15, -0.1) is 0 Å². The molecule has 0 aromatic heterocycles. The predicted molar refractivity (Wildman–Crippen MR) is 128 cm³/mol. The van der Waals surface area contributed by atoms with Gasteiger partial charge >= 0.3 is 175 Å². The summed E-state index contributed by atoms with van der Waals surface area (Å²) in [5, 5.41) is 4.29. The van der Waals surface area contributed by atoms with E-state index in [0.29, 0.717) is 0 Å². The Morgan fingerprint density at radius 2 is 0.821 bits per heavy atom. The van der Waals surface area contributed by atoms with Crippen molar-refractivity contribution in [1.82, 2.24) is 0 Å². The van der Waals surface area contributed by atoms with Gasteiger partial charge in [0.25, 0.3) is 0 Å². The third-order valence-electron chi connectivity index (χ3n) is 4.97. The van der Waals surface area contributed by atoms with E-state index in [-0.39, 0.29) is 7.92 Å². The van der Waals surface area contributed by atoms with Crippen molar-refractivity contribution >= 4 is 41.9 Å². The van der Waals surface area contributed by atoms with E-state index >= 15 is 0 Å². The first kappa shape index (κ1) is 19.2. The Balaban J connectivity index is 1.64. The maximum absolute atomic E-state index is 2.34. The minimum atomic E-state index is -1.57. The first-order valence-corrected chi connectivity index (χ1v) is 14.9. The first-order valence-electron chi connectivity index (χ1n) is 9.76. The van der Waals surface area contributed by atoms with Crippen LogP contribution in [-0.4, -0.2) is 20.8 Å². The summed E-state index contributed by atoms with van der Waals surface area (Å²) in [6, 6.07) is 44.6. The second-order valence-corrected chi connectivity index (χ2v) is 14.6. The van der Waals surface area contributed by atoms with E-state index in [9.17, 15) is 0 Å². The van der Waals surface area contributed by atoms with Gasteiger partial charge in [-0.2, -0.15) is 0 Å². The number of benzene rings is 4. The molecule has 0 saturated carbocycles. The summed E-state index contributed by atoms with van der Waals surface area (Å²) in [6.45, 7) is 0. The van der Waals surface area contributed by atoms with Crippen molar-refractivity contribution in [3.05, 3.63) is 121 Å². The van der Waals surface area contributed by atoms with Gasteiger partial charge < -0.3 is 0 Å². The van der Waals surface area contributed by atoms with Crippen LogP contribution >= 0.6 is 7.92 Å². The summed E-state index contributed by atoms with van der Waals surface area (Å²) in [7, 11) is -0.322. The van der Waals surface area contributed by atoms with Gasteiger partial charge in [-0.1, -0.05) is 0 Å². The summed E-state index contributed by atoms with van der Waals surface area (Å²) in [6.07, 6.45) is 1.25. The molecule has 0 unspecified atom stereocenters. The number of rotatable bonds is 7. The van der Waals surface area contributed by atoms with Crippen LogP contribution in [0.25, 0.3) is 0 Å². The quantitative estimate of drug-likeness (QED) is 0.297. The molecule has 0 aliphatic carbocycles. The Morgan fingerprint density at radius 3 is 1.21 bits per heavy atom. The monoisotopic (exact) mass is 443 g/mol. The second kappa shape index (κ2) is 9.88. The van der Waals surface area contributed by atoms with Crippen LogP contribution in [0, 0.1) is 0 Å². The Labute approximate surface area is 174 Å². The van der Waals surface area contributed by atoms with E-state index in [4.69, 9.17) is 0 Å². The van der Waals surface area contributed by atoms with Crippen LogP contribution in [0.3, 0.4) is 0 Å². The zero-order valence-corrected chi connectivity index (χ0v) is 18.9. The van der Waals surface area contributed by atoms with Gasteiger partial charge in [0.1, 0.15) is 0 Å². The Kier molecular flexibility index (Phi) is 6.77. The molecule has 28 heavy (non-hydrogen) atoms. The molecule has 0 amide bonds. The molecule has 0 heterocycles. The van der Waals surface area contributed by atoms with Gasteiger partial charge in [0.05, 0.1) is 0 Å². The summed E-state index contributed by atoms with van der Waals surface area (Å²) in [5.74, 6) is 0. The van der Waals surface area contributed by atoms with E-state index < -0.39 is 14.7 Å². The number of hydrogen-bond acceptors (Lipinski definition) is 0. The average Bonchev–Trinajstić information content (AvgIpc) is 2.79. The normalized spacial score (nSPS) is 11.1. The zero-order chi connectivity index (χ0) is 19.0. The van der Waals surface area contributed by atoms with Gasteiger partial charge in [-0.05, 0) is 0 Å². The number of hydrogen-bond donors (Lipinski definition) is 0. The molecule has 1 radical (unpaired) electrons. The molecule has 0 aliphatic rings. The van der Waals surface area contributed by atoms with E-state index in [1.54, 1.807) is 8.70 Å². The topological polar surface area (TPSA) is 0 Å². The van der Waals surface area contributed by atoms with Crippen LogP contribution in [0.1, 0.15) is 0 Å². The van der Waals surface area contributed by atoms with Crippen molar-refractivity contribution in [2.75, 3.05) is 6.16 Å². The summed E-state index contributed by atoms with van der Waals surface area (Å²) in [4.78, 5) is 0. The van der Waals surface area contributed by atoms with Gasteiger partial charge in [0, 0.05) is 0 Å². The summed E-state index contributed by atoms with van der Waals surface area (Å²) >= 11 is -1.57. The van der Waals surface area contributed by atoms with Gasteiger partial charge in [-0.25, -0.2) is 0 Å². The predicted octanol–water partition coefficient (Wildman–Crippen LogP) is 4.16. The fourth-order valence-electron chi connectivity index (χ4n) is 3.58. The van der Waals surface area contributed by atoms with Crippen LogP contribution in [-0.2, 0) is 0 Å². The fourth-order valence-corrected chi connectivity index (χ4v) is 13.1. The molecule has 2 heteroatoms. The van der Waals surface area contributed by atoms with Gasteiger partial charge in [-0.3, -0.25) is 0 Å². The van der Waals surface area contributed by atoms with Crippen molar-refractivity contribution in [2.45, 2.75) is 5.21 Å². The molecule has 0 spiro atoms. The van der Waals surface area contributed by atoms with E-state index in [0.717, 1.165) is 0 Å². The molecule has 0 fully saturated rings. The van der Waals surface area contributed by atoms with Crippen molar-refractivity contribution in [2.24, 2.45) is 0 Å². The molecular weight excluding hydrogens is 418 g/mol. The van der Waals surface area contributed by atoms with Crippen molar-refractivity contribution in [3.8, 4) is 0 Å². The van der Waals surface area contributed by atoms with Crippen LogP contribution in [0.2, 0.25) is 5.21 Å². The standard InChI is InChI=1S/C26H25AsP/c1-5-13-23(14-6-1)27(24-15-7-2-8-16-24)21-22-28(25-17-9-3-10-18-25)26-19-11-4-12-20-26/h1-20,27H,21-22H2. The fraction of sp³-hybridized carbons (Fsp3) is 0.0769. The molecule has 4 aromatic carbocycles. The first-order chi connectivity index (χ1) is 13.9. The Morgan fingerprint density at radius 1 is 0.464 bits per heavy atom. The maximum atomic E-state index is 2.34. The molecule has 4 aromatic rings. The third kappa shape index (κ3) is 4.82. The molecular formula is C26H25AsP. The van der Waals surface area contributed by atoms with E-state index in [2.05, 4.69) is 121 Å². The summed E-state index contributed by atoms with van der Waals surface area (Å²) < 4.78 is 3.15. The van der Waals surface area contributed by atoms with Crippen LogP contribution in [0.4, 0.5) is 0 Å². The molecule has 0 saturated heterocycles. The van der Waals surface area contributed by atoms with Crippen LogP contribution < -0.4 is 19.3 Å². The van der Waals surface area contributed by atoms with Gasteiger partial charge in [0.15, 0.2) is 0 Å². The molecule has 139 valence electrons. The third-order valence-corrected chi connectivity index (χ3v) is 14.3. The Hall–Kier alpha value is -2.13.